The lowest BCUT2D eigenvalue weighted by molar-refractivity contribution is -0.137. The molecule has 0 atom stereocenters. The number of rotatable bonds is 2. The summed E-state index contributed by atoms with van der Waals surface area (Å²) in [7, 11) is 0. The highest BCUT2D eigenvalue weighted by atomic mass is 19.4. The summed E-state index contributed by atoms with van der Waals surface area (Å²) in [6.07, 6.45) is -4.46. The first-order valence-corrected chi connectivity index (χ1v) is 8.03. The van der Waals surface area contributed by atoms with E-state index in [9.17, 15) is 18.4 Å². The van der Waals surface area contributed by atoms with Crippen molar-refractivity contribution in [3.8, 4) is 28.7 Å². The van der Waals surface area contributed by atoms with Crippen LogP contribution in [0.5, 0.6) is 0 Å². The molecule has 0 fully saturated rings. The highest BCUT2D eigenvalue weighted by Crippen LogP contribution is 2.36. The zero-order valence-corrected chi connectivity index (χ0v) is 13.8. The van der Waals surface area contributed by atoms with Crippen molar-refractivity contribution < 1.29 is 17.6 Å². The number of nitriles is 1. The summed E-state index contributed by atoms with van der Waals surface area (Å²) in [5, 5.41) is 9.29. The normalized spacial score (nSPS) is 11.5. The van der Waals surface area contributed by atoms with Gasteiger partial charge in [0.15, 0.2) is 5.58 Å². The first kappa shape index (κ1) is 16.9. The Balaban J connectivity index is 1.95. The fourth-order valence-electron chi connectivity index (χ4n) is 2.88. The van der Waals surface area contributed by atoms with E-state index in [1.807, 2.05) is 36.4 Å². The first-order chi connectivity index (χ1) is 13.0. The minimum absolute atomic E-state index is 0.294. The molecule has 0 N–H and O–H groups in total. The molecule has 0 saturated carbocycles. The molecule has 0 aliphatic heterocycles. The van der Waals surface area contributed by atoms with Crippen LogP contribution in [0.4, 0.5) is 13.2 Å². The standard InChI is InChI=1S/C21H11F3N2O/c22-21(23,24)16-8-4-7-15(11-16)17-9-13(12-25)10-18-19(17)27-20(26-18)14-5-2-1-3-6-14/h1-11H. The van der Waals surface area contributed by atoms with Crippen molar-refractivity contribution in [3.05, 3.63) is 77.9 Å². The van der Waals surface area contributed by atoms with Crippen LogP contribution < -0.4 is 0 Å². The highest BCUT2D eigenvalue weighted by molar-refractivity contribution is 5.93. The van der Waals surface area contributed by atoms with Crippen LogP contribution in [-0.2, 0) is 6.18 Å². The van der Waals surface area contributed by atoms with Crippen molar-refractivity contribution >= 4 is 11.1 Å². The Morgan fingerprint density at radius 1 is 0.889 bits per heavy atom. The van der Waals surface area contributed by atoms with Gasteiger partial charge in [0, 0.05) is 11.1 Å². The van der Waals surface area contributed by atoms with Crippen LogP contribution in [0, 0.1) is 11.3 Å². The van der Waals surface area contributed by atoms with E-state index in [-0.39, 0.29) is 0 Å². The van der Waals surface area contributed by atoms with E-state index in [1.165, 1.54) is 12.1 Å². The SMILES string of the molecule is N#Cc1cc(-c2cccc(C(F)(F)F)c2)c2oc(-c3ccccc3)nc2c1. The molecule has 3 aromatic carbocycles. The third-order valence-electron chi connectivity index (χ3n) is 4.14. The average Bonchev–Trinajstić information content (AvgIpc) is 3.11. The van der Waals surface area contributed by atoms with E-state index in [2.05, 4.69) is 4.98 Å². The Labute approximate surface area is 152 Å². The van der Waals surface area contributed by atoms with Gasteiger partial charge in [-0.2, -0.15) is 18.4 Å². The fraction of sp³-hybridized carbons (Fsp3) is 0.0476. The largest absolute Gasteiger partial charge is 0.435 e. The molecule has 27 heavy (non-hydrogen) atoms. The first-order valence-electron chi connectivity index (χ1n) is 8.03. The van der Waals surface area contributed by atoms with Gasteiger partial charge in [-0.25, -0.2) is 4.98 Å². The molecule has 3 nitrogen and oxygen atoms in total. The Morgan fingerprint density at radius 2 is 1.63 bits per heavy atom. The number of alkyl halides is 3. The maximum Gasteiger partial charge on any atom is 0.416 e. The van der Waals surface area contributed by atoms with Gasteiger partial charge >= 0.3 is 6.18 Å². The van der Waals surface area contributed by atoms with Crippen molar-refractivity contribution in [2.24, 2.45) is 0 Å². The molecule has 132 valence electrons. The van der Waals surface area contributed by atoms with E-state index in [4.69, 9.17) is 4.42 Å². The van der Waals surface area contributed by atoms with Gasteiger partial charge in [-0.05, 0) is 42.0 Å². The molecule has 4 rings (SSSR count). The van der Waals surface area contributed by atoms with Crippen LogP contribution in [-0.4, -0.2) is 4.98 Å². The van der Waals surface area contributed by atoms with Gasteiger partial charge in [0.05, 0.1) is 17.2 Å². The molecule has 0 amide bonds. The predicted octanol–water partition coefficient (Wildman–Crippen LogP) is 6.05. The summed E-state index contributed by atoms with van der Waals surface area (Å²) in [5.41, 5.74) is 1.73. The van der Waals surface area contributed by atoms with Crippen molar-refractivity contribution in [3.63, 3.8) is 0 Å². The quantitative estimate of drug-likeness (QED) is 0.435. The number of aromatic nitrogens is 1. The topological polar surface area (TPSA) is 49.8 Å². The smallest absolute Gasteiger partial charge is 0.416 e. The highest BCUT2D eigenvalue weighted by Gasteiger charge is 2.30. The van der Waals surface area contributed by atoms with Gasteiger partial charge < -0.3 is 4.42 Å². The van der Waals surface area contributed by atoms with Gasteiger partial charge in [-0.1, -0.05) is 30.3 Å². The Kier molecular flexibility index (Phi) is 3.93. The Morgan fingerprint density at radius 3 is 2.33 bits per heavy atom. The van der Waals surface area contributed by atoms with E-state index in [1.54, 1.807) is 12.1 Å². The zero-order valence-electron chi connectivity index (χ0n) is 13.8. The lowest BCUT2D eigenvalue weighted by Crippen LogP contribution is -2.04. The molecule has 0 saturated heterocycles. The number of halogens is 3. The molecular weight excluding hydrogens is 353 g/mol. The van der Waals surface area contributed by atoms with Crippen LogP contribution in [0.1, 0.15) is 11.1 Å². The number of hydrogen-bond donors (Lipinski definition) is 0. The molecule has 0 radical (unpaired) electrons. The minimum atomic E-state index is -4.46. The third kappa shape index (κ3) is 3.15. The van der Waals surface area contributed by atoms with Crippen LogP contribution in [0.3, 0.4) is 0 Å². The van der Waals surface area contributed by atoms with Gasteiger partial charge in [0.25, 0.3) is 0 Å². The number of oxazole rings is 1. The molecule has 0 aliphatic carbocycles. The molecule has 0 aliphatic rings. The summed E-state index contributed by atoms with van der Waals surface area (Å²) in [5.74, 6) is 0.342. The Bertz CT molecular complexity index is 1170. The molecule has 4 aromatic rings. The van der Waals surface area contributed by atoms with Crippen LogP contribution in [0.25, 0.3) is 33.7 Å². The second-order valence-corrected chi connectivity index (χ2v) is 5.95. The molecule has 0 bridgehead atoms. The lowest BCUT2D eigenvalue weighted by Gasteiger charge is -2.09. The second kappa shape index (κ2) is 6.29. The number of hydrogen-bond acceptors (Lipinski definition) is 3. The van der Waals surface area contributed by atoms with Crippen molar-refractivity contribution in [1.82, 2.24) is 4.98 Å². The predicted molar refractivity (Wildman–Crippen MR) is 94.6 cm³/mol. The molecular formula is C21H11F3N2O. The van der Waals surface area contributed by atoms with Crippen LogP contribution in [0.15, 0.2) is 71.1 Å². The van der Waals surface area contributed by atoms with Crippen molar-refractivity contribution in [1.29, 1.82) is 5.26 Å². The molecule has 6 heteroatoms. The zero-order chi connectivity index (χ0) is 19.0. The van der Waals surface area contributed by atoms with Gasteiger partial charge in [-0.15, -0.1) is 0 Å². The Hall–Kier alpha value is -3.59. The summed E-state index contributed by atoms with van der Waals surface area (Å²) < 4.78 is 45.1. The third-order valence-corrected chi connectivity index (χ3v) is 4.14. The van der Waals surface area contributed by atoms with E-state index >= 15 is 0 Å². The van der Waals surface area contributed by atoms with Gasteiger partial charge in [0.1, 0.15) is 5.52 Å². The van der Waals surface area contributed by atoms with Crippen molar-refractivity contribution in [2.45, 2.75) is 6.18 Å². The molecule has 0 spiro atoms. The molecule has 1 heterocycles. The van der Waals surface area contributed by atoms with Gasteiger partial charge in [0.2, 0.25) is 5.89 Å². The summed E-state index contributed by atoms with van der Waals surface area (Å²) >= 11 is 0. The van der Waals surface area contributed by atoms with Gasteiger partial charge in [-0.3, -0.25) is 0 Å². The van der Waals surface area contributed by atoms with Crippen LogP contribution >= 0.6 is 0 Å². The summed E-state index contributed by atoms with van der Waals surface area (Å²) in [6.45, 7) is 0. The number of nitrogens with zero attached hydrogens (tertiary/aromatic N) is 2. The maximum atomic E-state index is 13.1. The average molecular weight is 364 g/mol. The summed E-state index contributed by atoms with van der Waals surface area (Å²) in [4.78, 5) is 4.41. The molecule has 0 unspecified atom stereocenters. The van der Waals surface area contributed by atoms with E-state index in [0.717, 1.165) is 17.7 Å². The maximum absolute atomic E-state index is 13.1. The van der Waals surface area contributed by atoms with Crippen molar-refractivity contribution in [2.75, 3.05) is 0 Å². The second-order valence-electron chi connectivity index (χ2n) is 5.95. The van der Waals surface area contributed by atoms with Crippen LogP contribution in [0.2, 0.25) is 0 Å². The number of fused-ring (bicyclic) bond motifs is 1. The summed E-state index contributed by atoms with van der Waals surface area (Å²) in [6, 6.07) is 19.2. The lowest BCUT2D eigenvalue weighted by atomic mass is 10.00. The fourth-order valence-corrected chi connectivity index (χ4v) is 2.88. The monoisotopic (exact) mass is 364 g/mol. The number of benzene rings is 3. The van der Waals surface area contributed by atoms with E-state index < -0.39 is 11.7 Å². The van der Waals surface area contributed by atoms with E-state index in [0.29, 0.717) is 33.7 Å². The minimum Gasteiger partial charge on any atom is -0.435 e. The molecule has 1 aromatic heterocycles.